The number of halogens is 1. The van der Waals surface area contributed by atoms with E-state index in [2.05, 4.69) is 20.5 Å². The average molecular weight is 434 g/mol. The van der Waals surface area contributed by atoms with Gasteiger partial charge in [-0.05, 0) is 19.8 Å². The van der Waals surface area contributed by atoms with Gasteiger partial charge >= 0.3 is 0 Å². The number of thiazole rings is 1. The zero-order valence-corrected chi connectivity index (χ0v) is 17.8. The van der Waals surface area contributed by atoms with E-state index in [1.54, 1.807) is 34.2 Å². The van der Waals surface area contributed by atoms with Crippen molar-refractivity contribution in [2.24, 2.45) is 19.8 Å². The number of nitrogens with zero attached hydrogens (tertiary/aromatic N) is 5. The van der Waals surface area contributed by atoms with Crippen molar-refractivity contribution in [1.82, 2.24) is 24.5 Å². The molecule has 1 aliphatic rings. The third-order valence-electron chi connectivity index (χ3n) is 5.42. The normalized spacial score (nSPS) is 22.1. The van der Waals surface area contributed by atoms with Crippen LogP contribution in [0.4, 0.5) is 10.1 Å². The Kier molecular flexibility index (Phi) is 5.67. The Labute approximate surface area is 177 Å². The Morgan fingerprint density at radius 1 is 1.30 bits per heavy atom. The largest absolute Gasteiger partial charge is 0.369 e. The summed E-state index contributed by atoms with van der Waals surface area (Å²) in [4.78, 5) is 17.3. The molecule has 4 heterocycles. The van der Waals surface area contributed by atoms with Crippen LogP contribution in [-0.2, 0) is 18.8 Å². The number of hydrogen-bond donors (Lipinski definition) is 2. The first kappa shape index (κ1) is 20.6. The first-order chi connectivity index (χ1) is 14.3. The van der Waals surface area contributed by atoms with Crippen LogP contribution in [0.15, 0.2) is 17.8 Å². The second-order valence-corrected chi connectivity index (χ2v) is 8.26. The molecular formula is C19H24FN7O2S. The van der Waals surface area contributed by atoms with E-state index in [1.807, 2.05) is 14.0 Å². The van der Waals surface area contributed by atoms with Crippen molar-refractivity contribution in [2.45, 2.75) is 38.1 Å². The van der Waals surface area contributed by atoms with Gasteiger partial charge in [-0.1, -0.05) is 0 Å². The van der Waals surface area contributed by atoms with Crippen LogP contribution >= 0.6 is 11.3 Å². The van der Waals surface area contributed by atoms with Crippen molar-refractivity contribution in [2.75, 3.05) is 11.9 Å². The third-order valence-corrected chi connectivity index (χ3v) is 6.30. The third kappa shape index (κ3) is 3.87. The Morgan fingerprint density at radius 2 is 2.07 bits per heavy atom. The van der Waals surface area contributed by atoms with Gasteiger partial charge in [-0.25, -0.2) is 9.37 Å². The number of alkyl halides is 1. The Hall–Kier alpha value is -2.63. The number of rotatable bonds is 4. The van der Waals surface area contributed by atoms with Gasteiger partial charge in [0.05, 0.1) is 35.9 Å². The number of nitrogens with one attached hydrogen (secondary N) is 1. The fourth-order valence-electron chi connectivity index (χ4n) is 3.48. The van der Waals surface area contributed by atoms with Crippen LogP contribution in [0.5, 0.6) is 0 Å². The topological polar surface area (TPSA) is 113 Å². The molecule has 0 aliphatic carbocycles. The smallest absolute Gasteiger partial charge is 0.275 e. The number of aromatic nitrogens is 5. The first-order valence-corrected chi connectivity index (χ1v) is 10.5. The molecule has 4 rings (SSSR count). The fourth-order valence-corrected chi connectivity index (χ4v) is 4.34. The minimum absolute atomic E-state index is 0.0791. The molecule has 1 fully saturated rings. The molecule has 0 bridgehead atoms. The Balaban J connectivity index is 1.53. The molecule has 0 aromatic carbocycles. The number of ether oxygens (including phenoxy) is 1. The van der Waals surface area contributed by atoms with Crippen LogP contribution in [0.3, 0.4) is 0 Å². The van der Waals surface area contributed by atoms with Gasteiger partial charge in [0.1, 0.15) is 23.0 Å². The lowest BCUT2D eigenvalue weighted by Gasteiger charge is -2.17. The lowest BCUT2D eigenvalue weighted by molar-refractivity contribution is 0.0247. The summed E-state index contributed by atoms with van der Waals surface area (Å²) >= 11 is 1.38. The molecule has 30 heavy (non-hydrogen) atoms. The minimum Gasteiger partial charge on any atom is -0.369 e. The number of aryl methyl sites for hydroxylation is 2. The van der Waals surface area contributed by atoms with Gasteiger partial charge in [0.25, 0.3) is 5.91 Å². The molecule has 160 valence electrons. The van der Waals surface area contributed by atoms with Crippen molar-refractivity contribution >= 4 is 22.9 Å². The van der Waals surface area contributed by atoms with Crippen LogP contribution in [0.1, 0.15) is 40.8 Å². The van der Waals surface area contributed by atoms with Crippen molar-refractivity contribution in [1.29, 1.82) is 0 Å². The molecule has 3 N–H and O–H groups in total. The quantitative estimate of drug-likeness (QED) is 0.653. The summed E-state index contributed by atoms with van der Waals surface area (Å²) in [5, 5.41) is 13.8. The molecule has 1 saturated heterocycles. The highest BCUT2D eigenvalue weighted by molar-refractivity contribution is 7.13. The maximum atomic E-state index is 13.9. The number of nitrogens with two attached hydrogens (primary N) is 1. The van der Waals surface area contributed by atoms with E-state index in [-0.39, 0.29) is 12.5 Å². The average Bonchev–Trinajstić information content (AvgIpc) is 3.40. The summed E-state index contributed by atoms with van der Waals surface area (Å²) in [7, 11) is 3.62. The summed E-state index contributed by atoms with van der Waals surface area (Å²) < 4.78 is 23.0. The maximum Gasteiger partial charge on any atom is 0.275 e. The predicted molar refractivity (Wildman–Crippen MR) is 111 cm³/mol. The van der Waals surface area contributed by atoms with Gasteiger partial charge in [0.15, 0.2) is 0 Å². The van der Waals surface area contributed by atoms with Gasteiger partial charge < -0.3 is 15.8 Å². The highest BCUT2D eigenvalue weighted by Gasteiger charge is 2.30. The zero-order valence-electron chi connectivity index (χ0n) is 17.0. The number of carbonyl (C=O) groups is 1. The van der Waals surface area contributed by atoms with Crippen molar-refractivity contribution in [3.8, 4) is 10.6 Å². The van der Waals surface area contributed by atoms with Gasteiger partial charge in [0.2, 0.25) is 0 Å². The second-order valence-electron chi connectivity index (χ2n) is 7.41. The molecule has 1 aliphatic heterocycles. The molecule has 1 amide bonds. The van der Waals surface area contributed by atoms with E-state index in [4.69, 9.17) is 10.5 Å². The standard InChI is InChI=1S/C19H24FN7O2S/c1-10-11(6-22-26(10)2)19-25-15(9-30-19)18(28)24-14-7-23-27(3)17(14)16-5-4-13(21)12(20)8-29-16/h6-7,9,12-13,16H,4-5,8,21H2,1-3H3,(H,24,28)/t12-,13-,16+/m1/s1. The zero-order chi connectivity index (χ0) is 21.4. The summed E-state index contributed by atoms with van der Waals surface area (Å²) in [5.41, 5.74) is 9.21. The van der Waals surface area contributed by atoms with Crippen LogP contribution in [0.25, 0.3) is 10.6 Å². The summed E-state index contributed by atoms with van der Waals surface area (Å²) in [6.07, 6.45) is 2.73. The van der Waals surface area contributed by atoms with E-state index < -0.39 is 18.3 Å². The van der Waals surface area contributed by atoms with Crippen LogP contribution in [0, 0.1) is 6.92 Å². The van der Waals surface area contributed by atoms with E-state index in [9.17, 15) is 9.18 Å². The van der Waals surface area contributed by atoms with Crippen LogP contribution < -0.4 is 11.1 Å². The molecule has 11 heteroatoms. The van der Waals surface area contributed by atoms with Crippen LogP contribution in [-0.4, -0.2) is 49.3 Å². The second kappa shape index (κ2) is 8.25. The minimum atomic E-state index is -1.20. The molecule has 9 nitrogen and oxygen atoms in total. The Bertz CT molecular complexity index is 1050. The highest BCUT2D eigenvalue weighted by Crippen LogP contribution is 2.33. The molecule has 0 spiro atoms. The summed E-state index contributed by atoms with van der Waals surface area (Å²) in [6.45, 7) is 1.87. The lowest BCUT2D eigenvalue weighted by Crippen LogP contribution is -2.32. The molecule has 0 saturated carbocycles. The highest BCUT2D eigenvalue weighted by atomic mass is 32.1. The maximum absolute atomic E-state index is 13.9. The van der Waals surface area contributed by atoms with Gasteiger partial charge in [-0.3, -0.25) is 14.2 Å². The van der Waals surface area contributed by atoms with Gasteiger partial charge in [0, 0.05) is 31.2 Å². The number of anilines is 1. The first-order valence-electron chi connectivity index (χ1n) is 9.64. The van der Waals surface area contributed by atoms with Crippen molar-refractivity contribution in [3.63, 3.8) is 0 Å². The SMILES string of the molecule is Cc1c(-c2nc(C(=O)Nc3cnn(C)c3[C@@H]3CC[C@@H](N)[C@H](F)CO3)cs2)cnn1C. The summed E-state index contributed by atoms with van der Waals surface area (Å²) in [5.74, 6) is -0.345. The molecule has 3 atom stereocenters. The van der Waals surface area contributed by atoms with E-state index in [0.29, 0.717) is 29.9 Å². The number of amides is 1. The predicted octanol–water partition coefficient (Wildman–Crippen LogP) is 2.35. The summed E-state index contributed by atoms with van der Waals surface area (Å²) in [6, 6.07) is -0.550. The lowest BCUT2D eigenvalue weighted by atomic mass is 10.0. The van der Waals surface area contributed by atoms with E-state index in [1.165, 1.54) is 11.3 Å². The van der Waals surface area contributed by atoms with Gasteiger partial charge in [-0.2, -0.15) is 10.2 Å². The molecular weight excluding hydrogens is 409 g/mol. The number of carbonyl (C=O) groups excluding carboxylic acids is 1. The monoisotopic (exact) mass is 433 g/mol. The Morgan fingerprint density at radius 3 is 2.80 bits per heavy atom. The molecule has 3 aromatic rings. The van der Waals surface area contributed by atoms with E-state index in [0.717, 1.165) is 16.3 Å². The molecule has 0 radical (unpaired) electrons. The molecule has 0 unspecified atom stereocenters. The van der Waals surface area contributed by atoms with Crippen LogP contribution in [0.2, 0.25) is 0 Å². The molecule has 3 aromatic heterocycles. The van der Waals surface area contributed by atoms with Crippen molar-refractivity contribution in [3.05, 3.63) is 34.9 Å². The fraction of sp³-hybridized carbons (Fsp3) is 0.474. The van der Waals surface area contributed by atoms with E-state index >= 15 is 0 Å². The number of hydrogen-bond acceptors (Lipinski definition) is 7. The van der Waals surface area contributed by atoms with Gasteiger partial charge in [-0.15, -0.1) is 11.3 Å². The van der Waals surface area contributed by atoms with Crippen molar-refractivity contribution < 1.29 is 13.9 Å².